The largest absolute Gasteiger partial charge is 2.00 e. The predicted molar refractivity (Wildman–Crippen MR) is 147 cm³/mol. The van der Waals surface area contributed by atoms with Gasteiger partial charge < -0.3 is 59.2 Å². The molecule has 6 N–H and O–H groups in total. The van der Waals surface area contributed by atoms with Crippen LogP contribution in [0.4, 0.5) is 8.78 Å². The Labute approximate surface area is 301 Å². The number of quaternary nitrogens is 1. The topological polar surface area (TPSA) is 169 Å². The molecule has 0 spiro atoms. The molecule has 0 bridgehead atoms. The second-order valence-electron chi connectivity index (χ2n) is 7.00. The molecule has 0 saturated carbocycles. The van der Waals surface area contributed by atoms with Gasteiger partial charge >= 0.3 is 49.7 Å². The summed E-state index contributed by atoms with van der Waals surface area (Å²) in [6.45, 7) is -0.0293. The van der Waals surface area contributed by atoms with Crippen LogP contribution in [0.15, 0.2) is 33.2 Å². The van der Waals surface area contributed by atoms with Crippen LogP contribution in [0.5, 0.6) is 11.5 Å². The van der Waals surface area contributed by atoms with Crippen molar-refractivity contribution in [1.82, 2.24) is 5.48 Å². The number of rotatable bonds is 10. The normalized spacial score (nSPS) is 9.69. The summed E-state index contributed by atoms with van der Waals surface area (Å²) in [5.41, 5.74) is 2.95. The maximum atomic E-state index is 13.3. The van der Waals surface area contributed by atoms with Gasteiger partial charge in [-0.2, -0.15) is 5.06 Å². The van der Waals surface area contributed by atoms with E-state index in [1.807, 2.05) is 5.48 Å². The van der Waals surface area contributed by atoms with Crippen LogP contribution in [0.1, 0.15) is 11.1 Å². The van der Waals surface area contributed by atoms with Crippen molar-refractivity contribution in [2.24, 2.45) is 0 Å². The molecule has 0 heterocycles. The first-order valence-corrected chi connectivity index (χ1v) is 12.1. The van der Waals surface area contributed by atoms with Crippen LogP contribution in [0.2, 0.25) is 0 Å². The maximum Gasteiger partial charge on any atom is 2.00 e. The summed E-state index contributed by atoms with van der Waals surface area (Å²) in [6.07, 6.45) is 0. The number of carbonyl (C=O) groups excluding carboxylic acids is 2. The summed E-state index contributed by atoms with van der Waals surface area (Å²) in [4.78, 5) is 21.0. The third-order valence-corrected chi connectivity index (χ3v) is 5.49. The molecule has 0 radical (unpaired) electrons. The molecule has 0 aliphatic carbocycles. The van der Waals surface area contributed by atoms with Crippen LogP contribution in [0, 0.1) is 11.6 Å². The van der Waals surface area contributed by atoms with Gasteiger partial charge in [0.25, 0.3) is 0 Å². The predicted octanol–water partition coefficient (Wildman–Crippen LogP) is -4.77. The van der Waals surface area contributed by atoms with E-state index < -0.39 is 11.8 Å². The first kappa shape index (κ1) is 51.0. The molecule has 0 amide bonds. The van der Waals surface area contributed by atoms with E-state index in [0.29, 0.717) is 31.6 Å². The number of esters is 2. The van der Waals surface area contributed by atoms with Crippen molar-refractivity contribution < 1.29 is 87.8 Å². The summed E-state index contributed by atoms with van der Waals surface area (Å²) in [5.74, 6) is -0.790. The Morgan fingerprint density at radius 1 is 0.857 bits per heavy atom. The van der Waals surface area contributed by atoms with E-state index in [9.17, 15) is 23.6 Å². The average Bonchev–Trinajstić information content (AvgIpc) is 2.84. The molecule has 0 fully saturated rings. The summed E-state index contributed by atoms with van der Waals surface area (Å²) < 4.78 is 50.3. The average molecular weight is 806 g/mol. The van der Waals surface area contributed by atoms with Gasteiger partial charge in [0.05, 0.1) is 42.9 Å². The Bertz CT molecular complexity index is 1050. The van der Waals surface area contributed by atoms with Gasteiger partial charge in [-0.3, -0.25) is 0 Å². The van der Waals surface area contributed by atoms with E-state index in [-0.39, 0.29) is 111 Å². The Hall–Kier alpha value is -0.600. The van der Waals surface area contributed by atoms with Crippen LogP contribution in [-0.2, 0) is 36.9 Å². The van der Waals surface area contributed by atoms with Gasteiger partial charge in [-0.1, -0.05) is 0 Å². The van der Waals surface area contributed by atoms with Gasteiger partial charge in [0.15, 0.2) is 0 Å². The molecular formula is C23H33Br2CaCl2F2N2O10+. The van der Waals surface area contributed by atoms with Crippen LogP contribution in [0.3, 0.4) is 0 Å². The van der Waals surface area contributed by atoms with Crippen molar-refractivity contribution in [3.63, 3.8) is 0 Å². The molecule has 1 atom stereocenters. The van der Waals surface area contributed by atoms with E-state index in [4.69, 9.17) is 14.7 Å². The first-order valence-electron chi connectivity index (χ1n) is 10.5. The number of methoxy groups -OCH3 is 5. The second kappa shape index (κ2) is 29.1. The number of carbonyl (C=O) groups is 2. The minimum Gasteiger partial charge on any atom is -1.00 e. The van der Waals surface area contributed by atoms with Crippen molar-refractivity contribution in [2.75, 3.05) is 48.7 Å². The Kier molecular flexibility index (Phi) is 35.4. The summed E-state index contributed by atoms with van der Waals surface area (Å²) in [7, 11) is 6.92. The number of hydroxylamine groups is 3. The number of hydrogen-bond acceptors (Lipinski definition) is 10. The van der Waals surface area contributed by atoms with E-state index in [2.05, 4.69) is 46.1 Å². The maximum absolute atomic E-state index is 13.3. The van der Waals surface area contributed by atoms with Crippen molar-refractivity contribution in [3.8, 4) is 11.5 Å². The van der Waals surface area contributed by atoms with Gasteiger partial charge in [0.1, 0.15) is 36.3 Å². The first-order chi connectivity index (χ1) is 18.0. The third-order valence-electron chi connectivity index (χ3n) is 4.31. The number of ether oxygens (including phenoxy) is 5. The zero-order chi connectivity index (χ0) is 29.3. The Morgan fingerprint density at radius 2 is 1.29 bits per heavy atom. The Balaban J connectivity index is -0.000000169. The van der Waals surface area contributed by atoms with Crippen LogP contribution in [-0.4, -0.2) is 114 Å². The fourth-order valence-corrected chi connectivity index (χ4v) is 4.00. The zero-order valence-corrected chi connectivity index (χ0v) is 30.3. The number of benzene rings is 2. The zero-order valence-electron chi connectivity index (χ0n) is 23.4. The van der Waals surface area contributed by atoms with Gasteiger partial charge in [-0.05, 0) is 56.1 Å². The van der Waals surface area contributed by atoms with Gasteiger partial charge in [0, 0.05) is 19.2 Å². The molecule has 1 unspecified atom stereocenters. The van der Waals surface area contributed by atoms with Crippen molar-refractivity contribution >= 4 is 81.5 Å². The molecule has 0 saturated heterocycles. The molecule has 0 aliphatic rings. The molecule has 2 rings (SSSR count). The Morgan fingerprint density at radius 3 is 1.64 bits per heavy atom. The molecule has 0 aromatic heterocycles. The standard InChI is InChI=1S/C11H13BrFNO4.C8H9BrFNO2.C4H8O3.Ca.2ClH.H2O/c1-17-10(15)6-14(16)5-7-3-8(13)4-9(12)11(7)18-2;1-13-8-5(4-11-12)2-6(10)3-7(8)9;1-6-3-4(5)7-2;;;;/h3-4,16H,5-6H2,1-2H3;2-3,11-12H,4H2,1H3;3H2,1-2H3;;2*1H;1H2/q;;;+2;;;/p-1. The van der Waals surface area contributed by atoms with E-state index in [1.165, 1.54) is 59.8 Å². The molecule has 2 aromatic carbocycles. The third kappa shape index (κ3) is 20.4. The molecule has 12 nitrogen and oxygen atoms in total. The van der Waals surface area contributed by atoms with Gasteiger partial charge in [-0.15, -0.1) is 0 Å². The molecule has 42 heavy (non-hydrogen) atoms. The fourth-order valence-electron chi connectivity index (χ4n) is 2.73. The van der Waals surface area contributed by atoms with Crippen molar-refractivity contribution in [2.45, 2.75) is 13.1 Å². The minimum absolute atomic E-state index is 0. The number of halogens is 6. The van der Waals surface area contributed by atoms with Crippen molar-refractivity contribution in [3.05, 3.63) is 56.0 Å². The van der Waals surface area contributed by atoms with E-state index in [1.54, 1.807) is 0 Å². The number of hydrogen-bond donors (Lipinski definition) is 4. The fraction of sp³-hybridized carbons (Fsp3) is 0.391. The van der Waals surface area contributed by atoms with Gasteiger partial charge in [-0.25, -0.2) is 29.1 Å². The SMILES string of the molecule is COC(=O)C[NH+](O)Cc1cc(F)cc(Br)c1OC.COCC(=O)OC.COc1c(Br)cc(F)cc1CNO.O.[Ca+2].[Cl-].[Cl-]. The van der Waals surface area contributed by atoms with Crippen LogP contribution < -0.4 is 44.8 Å². The molecule has 2 aromatic rings. The summed E-state index contributed by atoms with van der Waals surface area (Å²) in [5, 5.41) is 18.0. The minimum atomic E-state index is -0.554. The monoisotopic (exact) mass is 803 g/mol. The van der Waals surface area contributed by atoms with E-state index in [0.717, 1.165) is 0 Å². The number of nitrogens with one attached hydrogen (secondary N) is 2. The molecule has 19 heteroatoms. The summed E-state index contributed by atoms with van der Waals surface area (Å²) in [6, 6.07) is 5.11. The van der Waals surface area contributed by atoms with Gasteiger partial charge in [0.2, 0.25) is 6.54 Å². The second-order valence-corrected chi connectivity index (χ2v) is 8.71. The smallest absolute Gasteiger partial charge is 1.00 e. The quantitative estimate of drug-likeness (QED) is 0.104. The van der Waals surface area contributed by atoms with E-state index >= 15 is 0 Å². The summed E-state index contributed by atoms with van der Waals surface area (Å²) >= 11 is 6.32. The molecular weight excluding hydrogens is 773 g/mol. The molecule has 238 valence electrons. The molecule has 0 aliphatic heterocycles. The van der Waals surface area contributed by atoms with Crippen LogP contribution in [0.25, 0.3) is 0 Å². The van der Waals surface area contributed by atoms with Crippen molar-refractivity contribution in [1.29, 1.82) is 0 Å². The van der Waals surface area contributed by atoms with Crippen LogP contribution >= 0.6 is 31.9 Å².